The predicted octanol–water partition coefficient (Wildman–Crippen LogP) is 19.9. The molecule has 0 spiro atoms. The molecule has 2 heterocycles. The number of para-hydroxylation sites is 3. The van der Waals surface area contributed by atoms with Crippen LogP contribution in [0.15, 0.2) is 161 Å². The van der Waals surface area contributed by atoms with Crippen molar-refractivity contribution in [3.05, 3.63) is 185 Å². The molecule has 1 aliphatic rings. The standard InChI is InChI=1S/C65H60N2O2/c1-37(2)42-21-25-44(26-22-42)66(56-17-12-15-49-46-14-10-11-19-60(46)68-64(49)56)58-35-53(39(5)6)47-30-32-52-59(36-54(40(7)8)48-29-31-51(58)62(47)63(48)52)67(45-27-23-43(24-28-45)38(3)4)57-18-13-16-50-55-34-41(9)20-33-61(55)69-65(50)57/h10-33,35-41H,34H2,1-9H3. The molecule has 0 bridgehead atoms. The molecule has 4 nitrogen and oxygen atoms in total. The van der Waals surface area contributed by atoms with Crippen LogP contribution in [0, 0.1) is 5.92 Å². The number of anilines is 6. The highest BCUT2D eigenvalue weighted by atomic mass is 16.3. The SMILES string of the molecule is CC1C=Cc2oc3c(N(c4ccc(C(C)C)cc4)c4cc(C(C)C)c5ccc6c(N(c7ccc(C(C)C)cc7)c7cccc8c7oc7ccccc78)cc(C(C)C)c7ccc4c5c76)cccc3c2C1. The highest BCUT2D eigenvalue weighted by Gasteiger charge is 2.29. The molecule has 0 saturated carbocycles. The number of fused-ring (bicyclic) bond motifs is 6. The zero-order valence-corrected chi connectivity index (χ0v) is 41.3. The van der Waals surface area contributed by atoms with E-state index in [1.807, 2.05) is 0 Å². The van der Waals surface area contributed by atoms with Crippen molar-refractivity contribution in [2.45, 2.75) is 92.4 Å². The minimum Gasteiger partial charge on any atom is -0.454 e. The lowest BCUT2D eigenvalue weighted by atomic mass is 9.84. The largest absolute Gasteiger partial charge is 0.454 e. The fraction of sp³-hybridized carbons (Fsp3) is 0.231. The molecule has 2 aromatic heterocycles. The Kier molecular flexibility index (Phi) is 10.3. The summed E-state index contributed by atoms with van der Waals surface area (Å²) < 4.78 is 13.8. The molecule has 1 atom stereocenters. The molecule has 69 heavy (non-hydrogen) atoms. The van der Waals surface area contributed by atoms with Crippen LogP contribution >= 0.6 is 0 Å². The molecule has 4 heteroatoms. The van der Waals surface area contributed by atoms with Crippen LogP contribution in [0.4, 0.5) is 34.1 Å². The van der Waals surface area contributed by atoms with Crippen molar-refractivity contribution in [1.29, 1.82) is 0 Å². The minimum absolute atomic E-state index is 0.250. The van der Waals surface area contributed by atoms with Gasteiger partial charge in [0.15, 0.2) is 11.2 Å². The van der Waals surface area contributed by atoms with Gasteiger partial charge in [-0.05, 0) is 140 Å². The first-order valence-corrected chi connectivity index (χ1v) is 25.2. The molecule has 1 aliphatic carbocycles. The van der Waals surface area contributed by atoms with E-state index in [0.29, 0.717) is 17.8 Å². The average molecular weight is 901 g/mol. The van der Waals surface area contributed by atoms with Crippen LogP contribution in [-0.2, 0) is 6.42 Å². The van der Waals surface area contributed by atoms with Crippen LogP contribution in [0.2, 0.25) is 0 Å². The second-order valence-electron chi connectivity index (χ2n) is 20.9. The zero-order chi connectivity index (χ0) is 47.4. The lowest BCUT2D eigenvalue weighted by Gasteiger charge is -2.31. The van der Waals surface area contributed by atoms with Crippen molar-refractivity contribution in [3.63, 3.8) is 0 Å². The van der Waals surface area contributed by atoms with Crippen molar-refractivity contribution >= 4 is 105 Å². The number of hydrogen-bond donors (Lipinski definition) is 0. The normalized spacial score (nSPS) is 14.1. The summed E-state index contributed by atoms with van der Waals surface area (Å²) in [4.78, 5) is 4.95. The summed E-state index contributed by atoms with van der Waals surface area (Å²) in [6.45, 7) is 20.7. The first-order valence-electron chi connectivity index (χ1n) is 25.2. The third-order valence-electron chi connectivity index (χ3n) is 15.1. The number of furan rings is 2. The summed E-state index contributed by atoms with van der Waals surface area (Å²) in [6.07, 6.45) is 5.43. The van der Waals surface area contributed by atoms with E-state index in [-0.39, 0.29) is 11.8 Å². The fourth-order valence-corrected chi connectivity index (χ4v) is 11.4. The highest BCUT2D eigenvalue weighted by molar-refractivity contribution is 6.30. The summed E-state index contributed by atoms with van der Waals surface area (Å²) in [5.74, 6) is 2.76. The van der Waals surface area contributed by atoms with Gasteiger partial charge in [0.05, 0.1) is 22.7 Å². The molecule has 0 N–H and O–H groups in total. The van der Waals surface area contributed by atoms with E-state index in [4.69, 9.17) is 8.83 Å². The van der Waals surface area contributed by atoms with Crippen molar-refractivity contribution < 1.29 is 8.83 Å². The molecule has 1 unspecified atom stereocenters. The molecule has 9 aromatic carbocycles. The molecular formula is C65H60N2O2. The summed E-state index contributed by atoms with van der Waals surface area (Å²) in [5.41, 5.74) is 15.8. The lowest BCUT2D eigenvalue weighted by molar-refractivity contribution is 0.584. The van der Waals surface area contributed by atoms with E-state index < -0.39 is 0 Å². The van der Waals surface area contributed by atoms with E-state index in [9.17, 15) is 0 Å². The topological polar surface area (TPSA) is 32.8 Å². The van der Waals surface area contributed by atoms with Gasteiger partial charge in [0.2, 0.25) is 0 Å². The first-order chi connectivity index (χ1) is 33.4. The summed E-state index contributed by atoms with van der Waals surface area (Å²) in [6, 6.07) is 54.7. The van der Waals surface area contributed by atoms with Gasteiger partial charge in [-0.1, -0.05) is 159 Å². The van der Waals surface area contributed by atoms with Crippen LogP contribution in [0.25, 0.3) is 71.3 Å². The molecular weight excluding hydrogens is 841 g/mol. The van der Waals surface area contributed by atoms with Gasteiger partial charge in [0.25, 0.3) is 0 Å². The van der Waals surface area contributed by atoms with Crippen LogP contribution in [0.5, 0.6) is 0 Å². The molecule has 0 saturated heterocycles. The highest BCUT2D eigenvalue weighted by Crippen LogP contribution is 2.53. The summed E-state index contributed by atoms with van der Waals surface area (Å²) >= 11 is 0. The third-order valence-corrected chi connectivity index (χ3v) is 15.1. The molecule has 342 valence electrons. The van der Waals surface area contributed by atoms with Crippen LogP contribution in [-0.4, -0.2) is 0 Å². The summed E-state index contributed by atoms with van der Waals surface area (Å²) in [5, 5.41) is 11.0. The van der Waals surface area contributed by atoms with Gasteiger partial charge in [0.1, 0.15) is 11.3 Å². The monoisotopic (exact) mass is 900 g/mol. The van der Waals surface area contributed by atoms with Crippen molar-refractivity contribution in [2.24, 2.45) is 5.92 Å². The van der Waals surface area contributed by atoms with Gasteiger partial charge in [-0.25, -0.2) is 0 Å². The van der Waals surface area contributed by atoms with E-state index in [1.165, 1.54) is 65.5 Å². The molecule has 11 aromatic rings. The third kappa shape index (κ3) is 6.85. The average Bonchev–Trinajstić information content (AvgIpc) is 3.93. The molecule has 0 radical (unpaired) electrons. The number of hydrogen-bond acceptors (Lipinski definition) is 4. The zero-order valence-electron chi connectivity index (χ0n) is 41.3. The Hall–Kier alpha value is -7.30. The van der Waals surface area contributed by atoms with Crippen LogP contribution < -0.4 is 9.80 Å². The molecule has 12 rings (SSSR count). The maximum atomic E-state index is 6.96. The number of rotatable bonds is 10. The Labute approximate surface area is 405 Å². The molecule has 0 aliphatic heterocycles. The van der Waals surface area contributed by atoms with Crippen molar-refractivity contribution in [2.75, 3.05) is 9.80 Å². The van der Waals surface area contributed by atoms with E-state index in [0.717, 1.165) is 73.8 Å². The van der Waals surface area contributed by atoms with Crippen molar-refractivity contribution in [1.82, 2.24) is 0 Å². The van der Waals surface area contributed by atoms with Gasteiger partial charge >= 0.3 is 0 Å². The van der Waals surface area contributed by atoms with Gasteiger partial charge in [0, 0.05) is 43.9 Å². The summed E-state index contributed by atoms with van der Waals surface area (Å²) in [7, 11) is 0. The Morgan fingerprint density at radius 1 is 0.435 bits per heavy atom. The Bertz CT molecular complexity index is 3790. The second kappa shape index (κ2) is 16.4. The molecule has 0 amide bonds. The second-order valence-corrected chi connectivity index (χ2v) is 20.9. The quantitative estimate of drug-likeness (QED) is 0.128. The lowest BCUT2D eigenvalue weighted by Crippen LogP contribution is -2.13. The van der Waals surface area contributed by atoms with Gasteiger partial charge in [-0.2, -0.15) is 0 Å². The smallest absolute Gasteiger partial charge is 0.159 e. The number of benzene rings is 9. The maximum Gasteiger partial charge on any atom is 0.159 e. The van der Waals surface area contributed by atoms with Crippen LogP contribution in [0.1, 0.15) is 120 Å². The fourth-order valence-electron chi connectivity index (χ4n) is 11.4. The Balaban J connectivity index is 1.19. The molecule has 0 fully saturated rings. The number of nitrogens with zero attached hydrogens (tertiary/aromatic N) is 2. The van der Waals surface area contributed by atoms with Gasteiger partial charge in [-0.15, -0.1) is 0 Å². The van der Waals surface area contributed by atoms with E-state index in [2.05, 4.69) is 230 Å². The minimum atomic E-state index is 0.250. The Morgan fingerprint density at radius 2 is 0.913 bits per heavy atom. The number of allylic oxidation sites excluding steroid dienone is 1. The van der Waals surface area contributed by atoms with Crippen LogP contribution in [0.3, 0.4) is 0 Å². The van der Waals surface area contributed by atoms with Gasteiger partial charge in [-0.3, -0.25) is 0 Å². The van der Waals surface area contributed by atoms with E-state index >= 15 is 0 Å². The first kappa shape index (κ1) is 43.0. The maximum absolute atomic E-state index is 6.96. The van der Waals surface area contributed by atoms with E-state index in [1.54, 1.807) is 0 Å². The van der Waals surface area contributed by atoms with Gasteiger partial charge < -0.3 is 18.6 Å². The van der Waals surface area contributed by atoms with Crippen molar-refractivity contribution in [3.8, 4) is 0 Å². The predicted molar refractivity (Wildman–Crippen MR) is 295 cm³/mol. The Morgan fingerprint density at radius 3 is 1.43 bits per heavy atom.